The summed E-state index contributed by atoms with van der Waals surface area (Å²) in [4.78, 5) is 14.0. The first-order chi connectivity index (χ1) is 9.00. The van der Waals surface area contributed by atoms with E-state index in [2.05, 4.69) is 15.9 Å². The lowest BCUT2D eigenvalue weighted by atomic mass is 9.91. The van der Waals surface area contributed by atoms with E-state index in [4.69, 9.17) is 5.73 Å². The molecule has 0 aliphatic heterocycles. The molecule has 1 fully saturated rings. The maximum atomic E-state index is 12.4. The quantitative estimate of drug-likeness (QED) is 0.820. The Morgan fingerprint density at radius 2 is 2.11 bits per heavy atom. The third kappa shape index (κ3) is 3.09. The van der Waals surface area contributed by atoms with Crippen molar-refractivity contribution in [2.24, 2.45) is 0 Å². The molecule has 2 rings (SSSR count). The topological polar surface area (TPSA) is 66.6 Å². The molecular formula is C14H19BrN2O2. The number of benzene rings is 1. The van der Waals surface area contributed by atoms with E-state index in [1.54, 1.807) is 30.1 Å². The molecule has 0 bridgehead atoms. The number of amides is 1. The van der Waals surface area contributed by atoms with Gasteiger partial charge in [-0.2, -0.15) is 0 Å². The molecule has 2 unspecified atom stereocenters. The molecule has 4 nitrogen and oxygen atoms in total. The molecule has 0 aromatic heterocycles. The van der Waals surface area contributed by atoms with Gasteiger partial charge in [0.25, 0.3) is 5.91 Å². The van der Waals surface area contributed by atoms with Crippen LogP contribution in [0.15, 0.2) is 22.7 Å². The van der Waals surface area contributed by atoms with E-state index >= 15 is 0 Å². The van der Waals surface area contributed by atoms with Crippen LogP contribution in [-0.4, -0.2) is 35.1 Å². The zero-order valence-electron chi connectivity index (χ0n) is 11.0. The number of hydrogen-bond acceptors (Lipinski definition) is 3. The number of anilines is 1. The molecule has 19 heavy (non-hydrogen) atoms. The van der Waals surface area contributed by atoms with E-state index in [1.807, 2.05) is 0 Å². The van der Waals surface area contributed by atoms with Crippen molar-refractivity contribution in [3.05, 3.63) is 28.2 Å². The minimum Gasteiger partial charge on any atom is -0.398 e. The van der Waals surface area contributed by atoms with Crippen molar-refractivity contribution in [1.82, 2.24) is 4.90 Å². The smallest absolute Gasteiger partial charge is 0.254 e. The standard InChI is InChI=1S/C14H19BrN2O2/c1-17(12-4-2-3-5-13(12)18)14(19)9-6-7-10(15)11(16)8-9/h6-8,12-13,18H,2-5,16H2,1H3. The zero-order chi connectivity index (χ0) is 14.0. The Morgan fingerprint density at radius 3 is 2.74 bits per heavy atom. The van der Waals surface area contributed by atoms with Gasteiger partial charge >= 0.3 is 0 Å². The molecule has 0 radical (unpaired) electrons. The molecular weight excluding hydrogens is 308 g/mol. The highest BCUT2D eigenvalue weighted by molar-refractivity contribution is 9.10. The fourth-order valence-electron chi connectivity index (χ4n) is 2.57. The lowest BCUT2D eigenvalue weighted by Gasteiger charge is -2.35. The van der Waals surface area contributed by atoms with E-state index in [0.717, 1.165) is 30.2 Å². The summed E-state index contributed by atoms with van der Waals surface area (Å²) in [6.45, 7) is 0. The molecule has 1 amide bonds. The summed E-state index contributed by atoms with van der Waals surface area (Å²) < 4.78 is 0.782. The number of aliphatic hydroxyl groups excluding tert-OH is 1. The second kappa shape index (κ2) is 5.92. The van der Waals surface area contributed by atoms with Crippen LogP contribution in [0, 0.1) is 0 Å². The number of carbonyl (C=O) groups excluding carboxylic acids is 1. The SMILES string of the molecule is CN(C(=O)c1ccc(Br)c(N)c1)C1CCCCC1O. The second-order valence-corrected chi connectivity index (χ2v) is 5.93. The molecule has 0 heterocycles. The maximum Gasteiger partial charge on any atom is 0.254 e. The van der Waals surface area contributed by atoms with E-state index in [1.165, 1.54) is 0 Å². The van der Waals surface area contributed by atoms with Crippen LogP contribution in [0.2, 0.25) is 0 Å². The van der Waals surface area contributed by atoms with Crippen molar-refractivity contribution in [2.45, 2.75) is 37.8 Å². The number of hydrogen-bond donors (Lipinski definition) is 2. The van der Waals surface area contributed by atoms with E-state index < -0.39 is 6.10 Å². The monoisotopic (exact) mass is 326 g/mol. The van der Waals surface area contributed by atoms with Gasteiger partial charge in [0.2, 0.25) is 0 Å². The highest BCUT2D eigenvalue weighted by atomic mass is 79.9. The highest BCUT2D eigenvalue weighted by Gasteiger charge is 2.29. The molecule has 1 aliphatic carbocycles. The van der Waals surface area contributed by atoms with Gasteiger partial charge in [-0.3, -0.25) is 4.79 Å². The number of aliphatic hydroxyl groups is 1. The van der Waals surface area contributed by atoms with Crippen LogP contribution in [-0.2, 0) is 0 Å². The van der Waals surface area contributed by atoms with Gasteiger partial charge in [-0.15, -0.1) is 0 Å². The van der Waals surface area contributed by atoms with Crippen LogP contribution < -0.4 is 5.73 Å². The Labute approximate surface area is 121 Å². The van der Waals surface area contributed by atoms with Crippen LogP contribution in [0.25, 0.3) is 0 Å². The summed E-state index contributed by atoms with van der Waals surface area (Å²) in [5, 5.41) is 10.0. The first-order valence-electron chi connectivity index (χ1n) is 6.51. The minimum atomic E-state index is -0.421. The number of rotatable bonds is 2. The Balaban J connectivity index is 2.15. The molecule has 3 N–H and O–H groups in total. The number of carbonyl (C=O) groups is 1. The average molecular weight is 327 g/mol. The van der Waals surface area contributed by atoms with Crippen molar-refractivity contribution in [3.8, 4) is 0 Å². The van der Waals surface area contributed by atoms with Crippen molar-refractivity contribution in [1.29, 1.82) is 0 Å². The molecule has 0 spiro atoms. The van der Waals surface area contributed by atoms with Gasteiger partial charge in [-0.1, -0.05) is 12.8 Å². The van der Waals surface area contributed by atoms with Gasteiger partial charge in [-0.05, 0) is 47.0 Å². The summed E-state index contributed by atoms with van der Waals surface area (Å²) in [5.74, 6) is -0.0925. The Hall–Kier alpha value is -1.07. The number of nitrogens with two attached hydrogens (primary N) is 1. The number of nitrogens with zero attached hydrogens (tertiary/aromatic N) is 1. The van der Waals surface area contributed by atoms with Crippen molar-refractivity contribution in [3.63, 3.8) is 0 Å². The normalized spacial score (nSPS) is 23.1. The molecule has 5 heteroatoms. The summed E-state index contributed by atoms with van der Waals surface area (Å²) in [5.41, 5.74) is 6.90. The maximum absolute atomic E-state index is 12.4. The van der Waals surface area contributed by atoms with Crippen LogP contribution in [0.3, 0.4) is 0 Å². The third-order valence-electron chi connectivity index (χ3n) is 3.75. The predicted molar refractivity (Wildman–Crippen MR) is 78.9 cm³/mol. The summed E-state index contributed by atoms with van der Waals surface area (Å²) >= 11 is 3.31. The van der Waals surface area contributed by atoms with Gasteiger partial charge in [0.1, 0.15) is 0 Å². The third-order valence-corrected chi connectivity index (χ3v) is 4.48. The van der Waals surface area contributed by atoms with Crippen LogP contribution in [0.4, 0.5) is 5.69 Å². The summed E-state index contributed by atoms with van der Waals surface area (Å²) in [6, 6.07) is 5.09. The predicted octanol–water partition coefficient (Wildman–Crippen LogP) is 2.41. The zero-order valence-corrected chi connectivity index (χ0v) is 12.6. The Morgan fingerprint density at radius 1 is 1.42 bits per heavy atom. The van der Waals surface area contributed by atoms with E-state index in [0.29, 0.717) is 11.3 Å². The van der Waals surface area contributed by atoms with Crippen molar-refractivity contribution >= 4 is 27.5 Å². The van der Waals surface area contributed by atoms with Gasteiger partial charge in [-0.25, -0.2) is 0 Å². The van der Waals surface area contributed by atoms with Gasteiger partial charge < -0.3 is 15.7 Å². The van der Waals surface area contributed by atoms with Crippen LogP contribution in [0.1, 0.15) is 36.0 Å². The molecule has 104 valence electrons. The fraction of sp³-hybridized carbons (Fsp3) is 0.500. The molecule has 1 aromatic carbocycles. The minimum absolute atomic E-state index is 0.0916. The second-order valence-electron chi connectivity index (χ2n) is 5.07. The van der Waals surface area contributed by atoms with Gasteiger partial charge in [0, 0.05) is 22.8 Å². The summed E-state index contributed by atoms with van der Waals surface area (Å²) in [7, 11) is 1.75. The fourth-order valence-corrected chi connectivity index (χ4v) is 2.82. The molecule has 1 aliphatic rings. The molecule has 2 atom stereocenters. The molecule has 0 saturated heterocycles. The number of halogens is 1. The van der Waals surface area contributed by atoms with Crippen LogP contribution >= 0.6 is 15.9 Å². The molecule has 1 saturated carbocycles. The van der Waals surface area contributed by atoms with E-state index in [-0.39, 0.29) is 11.9 Å². The van der Waals surface area contributed by atoms with Crippen molar-refractivity contribution < 1.29 is 9.90 Å². The average Bonchev–Trinajstić information content (AvgIpc) is 2.41. The van der Waals surface area contributed by atoms with Gasteiger partial charge in [0.05, 0.1) is 12.1 Å². The Bertz CT molecular complexity index is 479. The van der Waals surface area contributed by atoms with Gasteiger partial charge in [0.15, 0.2) is 0 Å². The Kier molecular flexibility index (Phi) is 4.47. The summed E-state index contributed by atoms with van der Waals surface area (Å²) in [6.07, 6.45) is 3.29. The molecule has 1 aromatic rings. The first-order valence-corrected chi connectivity index (χ1v) is 7.30. The largest absolute Gasteiger partial charge is 0.398 e. The van der Waals surface area contributed by atoms with E-state index in [9.17, 15) is 9.90 Å². The first kappa shape index (κ1) is 14.3. The highest BCUT2D eigenvalue weighted by Crippen LogP contribution is 2.25. The van der Waals surface area contributed by atoms with Crippen LogP contribution in [0.5, 0.6) is 0 Å². The number of nitrogen functional groups attached to an aromatic ring is 1. The lowest BCUT2D eigenvalue weighted by Crippen LogP contribution is -2.46. The van der Waals surface area contributed by atoms with Crippen molar-refractivity contribution in [2.75, 3.05) is 12.8 Å². The lowest BCUT2D eigenvalue weighted by molar-refractivity contribution is 0.0268. The number of likely N-dealkylation sites (N-methyl/N-ethyl adjacent to an activating group) is 1.